The molecule has 1 atom stereocenters. The van der Waals surface area contributed by atoms with Crippen LogP contribution in [0.2, 0.25) is 0 Å². The first-order valence-corrected chi connectivity index (χ1v) is 20.0. The maximum Gasteiger partial charge on any atom is 0.321 e. The lowest BCUT2D eigenvalue weighted by Crippen LogP contribution is -2.62. The second kappa shape index (κ2) is 15.4. The van der Waals surface area contributed by atoms with Gasteiger partial charge in [-0.3, -0.25) is 9.69 Å². The fraction of sp³-hybridized carbons (Fsp3) is 0.500. The summed E-state index contributed by atoms with van der Waals surface area (Å²) in [4.78, 5) is 40.9. The molecule has 6 rings (SSSR count). The van der Waals surface area contributed by atoms with E-state index < -0.39 is 33.5 Å². The molecule has 13 heteroatoms. The molecule has 2 fully saturated rings. The Balaban J connectivity index is 1.49. The predicted molar refractivity (Wildman–Crippen MR) is 201 cm³/mol. The molecule has 4 heterocycles. The number of urea groups is 1. The molecule has 0 bridgehead atoms. The summed E-state index contributed by atoms with van der Waals surface area (Å²) in [5.41, 5.74) is -1.49. The smallest absolute Gasteiger partial charge is 0.321 e. The SMILES string of the molecule is CCOc1ncccc1C1(N(C(=O)N2CCC(C3CCN(C(C)C)CC3)CC2)C(C)C)C(=O)N(S(=O)(=O)c2ccccc2OC)c2ccc(C#N)cc21. The average molecular weight is 743 g/mol. The minimum Gasteiger partial charge on any atom is -0.495 e. The van der Waals surface area contributed by atoms with Crippen molar-refractivity contribution in [2.45, 2.75) is 82.8 Å². The molecule has 0 N–H and O–H groups in total. The number of rotatable bonds is 10. The highest BCUT2D eigenvalue weighted by Crippen LogP contribution is 2.54. The highest BCUT2D eigenvalue weighted by atomic mass is 32.2. The minimum atomic E-state index is -4.65. The Bertz CT molecular complexity index is 1980. The van der Waals surface area contributed by atoms with E-state index in [1.165, 1.54) is 48.5 Å². The fourth-order valence-corrected chi connectivity index (χ4v) is 10.1. The normalized spacial score (nSPS) is 20.1. The molecule has 2 aromatic carbocycles. The zero-order valence-corrected chi connectivity index (χ0v) is 32.3. The van der Waals surface area contributed by atoms with E-state index in [-0.39, 0.29) is 45.5 Å². The number of ether oxygens (including phenoxy) is 2. The molecule has 282 valence electrons. The highest BCUT2D eigenvalue weighted by Gasteiger charge is 2.63. The number of carbonyl (C=O) groups excluding carboxylic acids is 2. The van der Waals surface area contributed by atoms with Crippen LogP contribution >= 0.6 is 0 Å². The molecular weight excluding hydrogens is 693 g/mol. The third-order valence-electron chi connectivity index (χ3n) is 11.1. The zero-order chi connectivity index (χ0) is 38.1. The number of benzene rings is 2. The van der Waals surface area contributed by atoms with Gasteiger partial charge in [-0.05, 0) is 128 Å². The molecule has 3 aromatic rings. The lowest BCUT2D eigenvalue weighted by molar-refractivity contribution is -0.126. The van der Waals surface area contributed by atoms with Gasteiger partial charge in [0.25, 0.3) is 15.9 Å². The van der Waals surface area contributed by atoms with Gasteiger partial charge in [0, 0.05) is 36.9 Å². The first kappa shape index (κ1) is 38.1. The predicted octanol–water partition coefficient (Wildman–Crippen LogP) is 6.00. The molecule has 0 radical (unpaired) electrons. The Kier molecular flexibility index (Phi) is 11.0. The van der Waals surface area contributed by atoms with E-state index in [0.29, 0.717) is 31.0 Å². The van der Waals surface area contributed by atoms with Gasteiger partial charge < -0.3 is 19.3 Å². The number of pyridine rings is 1. The minimum absolute atomic E-state index is 0.0242. The van der Waals surface area contributed by atoms with Crippen LogP contribution in [0.5, 0.6) is 11.6 Å². The summed E-state index contributed by atoms with van der Waals surface area (Å²) >= 11 is 0. The topological polar surface area (TPSA) is 136 Å². The standard InChI is InChI=1S/C40H50N6O6S/c1-7-52-37-32(11-10-20-42-37)40(45(28(4)5)39(48)44-23-18-31(19-24-44)30-16-21-43(22-17-30)27(2)3)33-25-29(26-41)14-15-34(33)46(38(40)47)53(49,50)36-13-9-8-12-35(36)51-6/h8-15,20,25,27-28,30-31H,7,16-19,21-24H2,1-6H3. The molecule has 12 nitrogen and oxygen atoms in total. The third kappa shape index (κ3) is 6.61. The molecule has 53 heavy (non-hydrogen) atoms. The Morgan fingerprint density at radius 1 is 0.981 bits per heavy atom. The fourth-order valence-electron chi connectivity index (χ4n) is 8.53. The van der Waals surface area contributed by atoms with Gasteiger partial charge in [-0.2, -0.15) is 9.57 Å². The number of hydrogen-bond acceptors (Lipinski definition) is 9. The number of nitriles is 1. The summed E-state index contributed by atoms with van der Waals surface area (Å²) in [5, 5.41) is 10.1. The van der Waals surface area contributed by atoms with E-state index in [0.717, 1.165) is 43.1 Å². The van der Waals surface area contributed by atoms with E-state index in [9.17, 15) is 13.7 Å². The maximum atomic E-state index is 15.6. The average Bonchev–Trinajstić information content (AvgIpc) is 3.42. The number of hydrogen-bond donors (Lipinski definition) is 0. The van der Waals surface area contributed by atoms with Gasteiger partial charge in [-0.25, -0.2) is 18.2 Å². The Morgan fingerprint density at radius 3 is 2.25 bits per heavy atom. The van der Waals surface area contributed by atoms with Gasteiger partial charge in [0.1, 0.15) is 10.6 Å². The van der Waals surface area contributed by atoms with Crippen molar-refractivity contribution in [3.05, 3.63) is 77.5 Å². The van der Waals surface area contributed by atoms with Crippen LogP contribution in [-0.2, 0) is 20.4 Å². The molecule has 2 saturated heterocycles. The number of anilines is 1. The summed E-state index contributed by atoms with van der Waals surface area (Å²) in [5.74, 6) is 0.319. The van der Waals surface area contributed by atoms with Crippen LogP contribution in [0.1, 0.15) is 77.0 Å². The molecule has 0 aliphatic carbocycles. The highest BCUT2D eigenvalue weighted by molar-refractivity contribution is 7.93. The lowest BCUT2D eigenvalue weighted by atomic mass is 9.78. The lowest BCUT2D eigenvalue weighted by Gasteiger charge is -2.47. The van der Waals surface area contributed by atoms with Gasteiger partial charge in [-0.1, -0.05) is 12.1 Å². The van der Waals surface area contributed by atoms with Crippen LogP contribution in [0.25, 0.3) is 0 Å². The van der Waals surface area contributed by atoms with E-state index in [4.69, 9.17) is 9.47 Å². The van der Waals surface area contributed by atoms with Crippen LogP contribution in [-0.4, -0.2) is 92.0 Å². The number of fused-ring (bicyclic) bond motifs is 1. The van der Waals surface area contributed by atoms with Crippen molar-refractivity contribution in [1.82, 2.24) is 19.7 Å². The molecule has 1 unspecified atom stereocenters. The van der Waals surface area contributed by atoms with Crippen molar-refractivity contribution < 1.29 is 27.5 Å². The number of aromatic nitrogens is 1. The van der Waals surface area contributed by atoms with Crippen LogP contribution < -0.4 is 13.8 Å². The number of nitrogens with zero attached hydrogens (tertiary/aromatic N) is 6. The monoisotopic (exact) mass is 742 g/mol. The van der Waals surface area contributed by atoms with Gasteiger partial charge >= 0.3 is 6.03 Å². The first-order chi connectivity index (χ1) is 25.4. The van der Waals surface area contributed by atoms with E-state index >= 15 is 9.59 Å². The number of piperidine rings is 2. The molecule has 3 aliphatic rings. The summed E-state index contributed by atoms with van der Waals surface area (Å²) in [6, 6.07) is 15.4. The summed E-state index contributed by atoms with van der Waals surface area (Å²) < 4.78 is 41.8. The van der Waals surface area contributed by atoms with Crippen molar-refractivity contribution in [2.75, 3.05) is 44.2 Å². The molecule has 1 aromatic heterocycles. The van der Waals surface area contributed by atoms with Crippen molar-refractivity contribution >= 4 is 27.6 Å². The van der Waals surface area contributed by atoms with E-state index in [2.05, 4.69) is 29.8 Å². The summed E-state index contributed by atoms with van der Waals surface area (Å²) in [6.07, 6.45) is 5.48. The van der Waals surface area contributed by atoms with Crippen LogP contribution in [0.3, 0.4) is 0 Å². The van der Waals surface area contributed by atoms with Crippen molar-refractivity contribution in [2.24, 2.45) is 11.8 Å². The number of amides is 3. The maximum absolute atomic E-state index is 15.6. The molecule has 0 spiro atoms. The Labute approximate surface area is 313 Å². The zero-order valence-electron chi connectivity index (χ0n) is 31.5. The molecule has 3 amide bonds. The number of methoxy groups -OCH3 is 1. The quantitative estimate of drug-likeness (QED) is 0.245. The summed E-state index contributed by atoms with van der Waals surface area (Å²) in [6.45, 7) is 13.2. The number of para-hydroxylation sites is 1. The number of sulfonamides is 1. The van der Waals surface area contributed by atoms with Gasteiger partial charge in [-0.15, -0.1) is 0 Å². The van der Waals surface area contributed by atoms with E-state index in [1.54, 1.807) is 36.1 Å². The van der Waals surface area contributed by atoms with Crippen molar-refractivity contribution in [3.63, 3.8) is 0 Å². The Hall–Kier alpha value is -4.67. The second-order valence-corrected chi connectivity index (χ2v) is 16.4. The largest absolute Gasteiger partial charge is 0.495 e. The van der Waals surface area contributed by atoms with Crippen LogP contribution in [0.15, 0.2) is 65.7 Å². The first-order valence-electron chi connectivity index (χ1n) is 18.6. The molecular formula is C40H50N6O6S. The third-order valence-corrected chi connectivity index (χ3v) is 12.9. The van der Waals surface area contributed by atoms with Crippen LogP contribution in [0.4, 0.5) is 10.5 Å². The Morgan fingerprint density at radius 2 is 1.64 bits per heavy atom. The van der Waals surface area contributed by atoms with Gasteiger partial charge in [0.15, 0.2) is 5.54 Å². The summed E-state index contributed by atoms with van der Waals surface area (Å²) in [7, 11) is -3.29. The molecule has 3 aliphatic heterocycles. The van der Waals surface area contributed by atoms with Crippen molar-refractivity contribution in [1.29, 1.82) is 5.26 Å². The number of carbonyl (C=O) groups is 2. The second-order valence-electron chi connectivity index (χ2n) is 14.6. The molecule has 0 saturated carbocycles. The van der Waals surface area contributed by atoms with Crippen LogP contribution in [0, 0.1) is 23.2 Å². The van der Waals surface area contributed by atoms with E-state index in [1.807, 2.05) is 13.8 Å². The van der Waals surface area contributed by atoms with Gasteiger partial charge in [0.05, 0.1) is 36.6 Å². The van der Waals surface area contributed by atoms with Gasteiger partial charge in [0.2, 0.25) is 5.88 Å². The van der Waals surface area contributed by atoms with Crippen molar-refractivity contribution in [3.8, 4) is 17.7 Å². The number of likely N-dealkylation sites (tertiary alicyclic amines) is 2.